The number of aryl methyl sites for hydroxylation is 3. The van der Waals surface area contributed by atoms with Gasteiger partial charge in [-0.3, -0.25) is 0 Å². The van der Waals surface area contributed by atoms with Gasteiger partial charge >= 0.3 is 209 Å². The van der Waals surface area contributed by atoms with Crippen LogP contribution in [0.5, 0.6) is 5.75 Å². The van der Waals surface area contributed by atoms with Crippen LogP contribution in [0.15, 0.2) is 41.8 Å². The molecule has 1 aromatic carbocycles. The molecule has 0 bridgehead atoms. The van der Waals surface area contributed by atoms with Gasteiger partial charge in [-0.05, 0) is 5.38 Å². The molecular weight excluding hydrogens is 543 g/mol. The van der Waals surface area contributed by atoms with Crippen LogP contribution in [0.2, 0.25) is 5.21 Å². The van der Waals surface area contributed by atoms with Gasteiger partial charge in [-0.1, -0.05) is 6.07 Å². The van der Waals surface area contributed by atoms with E-state index in [0.717, 1.165) is 28.2 Å². The predicted octanol–water partition coefficient (Wildman–Crippen LogP) is 1.94. The fraction of sp³-hybridized carbons (Fsp3) is 0.320. The molecule has 3 rings (SSSR count). The molecular formula is C25H28AsN4O5S. The van der Waals surface area contributed by atoms with Crippen molar-refractivity contribution in [3.8, 4) is 5.75 Å². The number of carbonyl (C=O) groups excluding carboxylic acids is 3. The number of amides is 2. The van der Waals surface area contributed by atoms with Gasteiger partial charge in [0.25, 0.3) is 0 Å². The van der Waals surface area contributed by atoms with E-state index in [9.17, 15) is 19.5 Å². The van der Waals surface area contributed by atoms with Crippen molar-refractivity contribution >= 4 is 49.5 Å². The Balaban J connectivity index is 1.59. The quantitative estimate of drug-likeness (QED) is 0.182. The molecule has 0 saturated heterocycles. The summed E-state index contributed by atoms with van der Waals surface area (Å²) in [7, 11) is 1.22. The van der Waals surface area contributed by atoms with Crippen LogP contribution < -0.4 is 15.2 Å². The van der Waals surface area contributed by atoms with Gasteiger partial charge in [-0.2, -0.15) is 0 Å². The molecule has 0 fully saturated rings. The first-order valence-electron chi connectivity index (χ1n) is 11.3. The summed E-state index contributed by atoms with van der Waals surface area (Å²) in [6.45, 7) is 3.37. The Hall–Kier alpha value is -3.23. The van der Waals surface area contributed by atoms with Gasteiger partial charge in [0.15, 0.2) is 0 Å². The zero-order chi connectivity index (χ0) is 26.1. The molecule has 0 saturated carbocycles. The first-order chi connectivity index (χ1) is 17.3. The fourth-order valence-electron chi connectivity index (χ4n) is 3.53. The van der Waals surface area contributed by atoms with Crippen LogP contribution in [0.25, 0.3) is 0 Å². The summed E-state index contributed by atoms with van der Waals surface area (Å²) >= 11 is 0.996. The van der Waals surface area contributed by atoms with Crippen LogP contribution in [0, 0.1) is 13.8 Å². The number of rotatable bonds is 11. The first kappa shape index (κ1) is 27.4. The number of methoxy groups -OCH3 is 1. The van der Waals surface area contributed by atoms with E-state index in [1.807, 2.05) is 12.1 Å². The second kappa shape index (κ2) is 13.2. The van der Waals surface area contributed by atoms with Crippen LogP contribution in [-0.4, -0.2) is 68.3 Å². The Morgan fingerprint density at radius 2 is 1.86 bits per heavy atom. The minimum atomic E-state index is -1.06. The maximum atomic E-state index is 13.0. The Bertz CT molecular complexity index is 1200. The summed E-state index contributed by atoms with van der Waals surface area (Å²) in [6, 6.07) is 9.61. The van der Waals surface area contributed by atoms with Crippen LogP contribution in [0.3, 0.4) is 0 Å². The molecule has 0 aliphatic rings. The average Bonchev–Trinajstić information content (AvgIpc) is 3.38. The summed E-state index contributed by atoms with van der Waals surface area (Å²) < 4.78 is 5.54. The van der Waals surface area contributed by atoms with Crippen molar-refractivity contribution in [2.24, 2.45) is 0 Å². The third-order valence-electron chi connectivity index (χ3n) is 5.28. The van der Waals surface area contributed by atoms with E-state index in [1.165, 1.54) is 18.4 Å². The molecule has 189 valence electrons. The molecule has 0 aliphatic heterocycles. The van der Waals surface area contributed by atoms with Gasteiger partial charge in [0.1, 0.15) is 0 Å². The van der Waals surface area contributed by atoms with Gasteiger partial charge in [-0.25, -0.2) is 0 Å². The van der Waals surface area contributed by atoms with Crippen molar-refractivity contribution in [3.05, 3.63) is 69.2 Å². The molecule has 0 spiro atoms. The van der Waals surface area contributed by atoms with Crippen molar-refractivity contribution in [3.63, 3.8) is 0 Å². The zero-order valence-corrected chi connectivity index (χ0v) is 23.0. The van der Waals surface area contributed by atoms with Crippen molar-refractivity contribution < 1.29 is 24.2 Å². The Labute approximate surface area is 220 Å². The number of esters is 1. The molecule has 9 nitrogen and oxygen atoms in total. The second-order valence-corrected chi connectivity index (χ2v) is 11.3. The van der Waals surface area contributed by atoms with Gasteiger partial charge in [-0.15, -0.1) is 0 Å². The van der Waals surface area contributed by atoms with Gasteiger partial charge < -0.3 is 0 Å². The average molecular weight is 572 g/mol. The van der Waals surface area contributed by atoms with E-state index in [0.29, 0.717) is 21.8 Å². The Morgan fingerprint density at radius 1 is 1.11 bits per heavy atom. The van der Waals surface area contributed by atoms with Gasteiger partial charge in [0.05, 0.1) is 0 Å². The molecule has 0 aliphatic carbocycles. The third kappa shape index (κ3) is 7.63. The number of carbonyl (C=O) groups is 3. The summed E-state index contributed by atoms with van der Waals surface area (Å²) in [5.41, 5.74) is 2.45. The van der Waals surface area contributed by atoms with Crippen molar-refractivity contribution in [2.45, 2.75) is 37.9 Å². The monoisotopic (exact) mass is 571 g/mol. The fourth-order valence-corrected chi connectivity index (χ4v) is 6.18. The van der Waals surface area contributed by atoms with E-state index >= 15 is 0 Å². The molecule has 11 heteroatoms. The number of aromatic nitrogens is 2. The van der Waals surface area contributed by atoms with E-state index in [-0.39, 0.29) is 34.0 Å². The number of nitrogens with zero attached hydrogens (tertiary/aromatic N) is 2. The maximum absolute atomic E-state index is 13.0. The first-order valence-corrected chi connectivity index (χ1v) is 14.4. The van der Waals surface area contributed by atoms with Crippen LogP contribution >= 0.6 is 11.3 Å². The molecule has 3 aromatic rings. The molecule has 1 radical (unpaired) electrons. The Kier molecular flexibility index (Phi) is 10.0. The topological polar surface area (TPSA) is 131 Å². The summed E-state index contributed by atoms with van der Waals surface area (Å²) in [5.74, 6) is -1.24. The normalized spacial score (nSPS) is 11.9. The molecule has 1 atom stereocenters. The number of phenolic OH excluding ortho intramolecular Hbond substituents is 1. The van der Waals surface area contributed by atoms with Crippen LogP contribution in [0.4, 0.5) is 0 Å². The summed E-state index contributed by atoms with van der Waals surface area (Å²) in [6.07, 6.45) is 1.81. The molecule has 2 heterocycles. The van der Waals surface area contributed by atoms with E-state index < -0.39 is 17.9 Å². The molecule has 3 N–H and O–H groups in total. The van der Waals surface area contributed by atoms with Gasteiger partial charge in [0.2, 0.25) is 0 Å². The number of thiophene rings is 1. The number of phenols is 1. The van der Waals surface area contributed by atoms with Crippen LogP contribution in [-0.2, 0) is 16.0 Å². The molecule has 36 heavy (non-hydrogen) atoms. The standard InChI is InChI=1S/C25H28AsN4O5S/c1-15-21(16(2)29-25(28-15)26-11-5-8-17-7-4-9-18(31)13-17)23(33)30-19(24(34)35-3)14-27-22(32)20-10-6-12-36-20/h4,6-7,9-10,12-13,19,31H,5,8,11,14H2,1-3H3,(H,27,32)(H,30,33)/t19-/m0/s1. The third-order valence-corrected chi connectivity index (χ3v) is 8.29. The number of hydrogen-bond donors (Lipinski definition) is 3. The summed E-state index contributed by atoms with van der Waals surface area (Å²) in [5, 5.41) is 17.6. The van der Waals surface area contributed by atoms with E-state index in [2.05, 4.69) is 20.6 Å². The predicted molar refractivity (Wildman–Crippen MR) is 138 cm³/mol. The summed E-state index contributed by atoms with van der Waals surface area (Å²) in [4.78, 5) is 47.1. The second-order valence-electron chi connectivity index (χ2n) is 7.96. The van der Waals surface area contributed by atoms with Crippen molar-refractivity contribution in [2.75, 3.05) is 13.7 Å². The molecule has 0 unspecified atom stereocenters. The molecule has 2 amide bonds. The number of aromatic hydroxyl groups is 1. The van der Waals surface area contributed by atoms with E-state index in [1.54, 1.807) is 43.5 Å². The molecule has 2 aromatic heterocycles. The number of hydrogen-bond acceptors (Lipinski definition) is 8. The zero-order valence-electron chi connectivity index (χ0n) is 20.3. The number of nitrogens with one attached hydrogen (secondary N) is 2. The van der Waals surface area contributed by atoms with Crippen molar-refractivity contribution in [1.29, 1.82) is 0 Å². The SMILES string of the molecule is COC(=O)[C@H](CNC(=O)c1cccs1)NC(=O)c1c(C)nc([As]CCCc2cccc(O)c2)nc1C. The van der Waals surface area contributed by atoms with Crippen LogP contribution in [0.1, 0.15) is 43.4 Å². The number of ether oxygens (including phenoxy) is 1. The minimum absolute atomic E-state index is 0.115. The number of benzene rings is 1. The van der Waals surface area contributed by atoms with Crippen molar-refractivity contribution in [1.82, 2.24) is 20.6 Å². The van der Waals surface area contributed by atoms with E-state index in [4.69, 9.17) is 4.74 Å². The van der Waals surface area contributed by atoms with Gasteiger partial charge in [0, 0.05) is 0 Å². The Morgan fingerprint density at radius 3 is 2.50 bits per heavy atom.